The molecule has 0 aromatic carbocycles. The van der Waals surface area contributed by atoms with Crippen LogP contribution in [0.15, 0.2) is 10.5 Å². The fraction of sp³-hybridized carbons (Fsp3) is 0.615. The number of furan rings is 1. The van der Waals surface area contributed by atoms with Crippen molar-refractivity contribution in [1.82, 2.24) is 4.90 Å². The zero-order valence-electron chi connectivity index (χ0n) is 11.3. The first kappa shape index (κ1) is 13.3. The molecule has 0 bridgehead atoms. The van der Waals surface area contributed by atoms with Gasteiger partial charge in [-0.1, -0.05) is 0 Å². The highest BCUT2D eigenvalue weighted by atomic mass is 32.2. The number of carbonyl (C=O) groups excluding carboxylic acids is 1. The number of aryl methyl sites for hydroxylation is 2. The Morgan fingerprint density at radius 3 is 2.61 bits per heavy atom. The molecule has 1 fully saturated rings. The minimum atomic E-state index is -0.868. The Morgan fingerprint density at radius 1 is 1.44 bits per heavy atom. The van der Waals surface area contributed by atoms with Crippen LogP contribution in [0.1, 0.15) is 35.7 Å². The van der Waals surface area contributed by atoms with E-state index in [1.807, 2.05) is 27.7 Å². The maximum Gasteiger partial charge on any atom is 0.289 e. The standard InChI is InChI=1S/C13H19NO3S/c1-9-7-11(17-10(9)2)12(15)14-5-6-18(16)13(3,4)8-14/h7H,5-6,8H2,1-4H3/t18-/m1/s1. The third-order valence-corrected chi connectivity index (χ3v) is 5.31. The Bertz CT molecular complexity index is 485. The van der Waals surface area contributed by atoms with Gasteiger partial charge in [-0.2, -0.15) is 0 Å². The van der Waals surface area contributed by atoms with Crippen molar-refractivity contribution in [1.29, 1.82) is 0 Å². The second-order valence-electron chi connectivity index (χ2n) is 5.39. The molecule has 18 heavy (non-hydrogen) atoms. The summed E-state index contributed by atoms with van der Waals surface area (Å²) in [6, 6.07) is 1.77. The maximum atomic E-state index is 12.3. The third kappa shape index (κ3) is 2.36. The molecule has 1 atom stereocenters. The summed E-state index contributed by atoms with van der Waals surface area (Å²) in [6.07, 6.45) is 0. The van der Waals surface area contributed by atoms with E-state index in [2.05, 4.69) is 0 Å². The molecule has 1 aliphatic heterocycles. The van der Waals surface area contributed by atoms with E-state index >= 15 is 0 Å². The first-order valence-corrected chi connectivity index (χ1v) is 7.38. The fourth-order valence-corrected chi connectivity index (χ4v) is 3.33. The van der Waals surface area contributed by atoms with Gasteiger partial charge in [-0.25, -0.2) is 0 Å². The maximum absolute atomic E-state index is 12.3. The van der Waals surface area contributed by atoms with E-state index in [-0.39, 0.29) is 10.7 Å². The summed E-state index contributed by atoms with van der Waals surface area (Å²) < 4.78 is 16.9. The monoisotopic (exact) mass is 269 g/mol. The second kappa shape index (κ2) is 4.53. The highest BCUT2D eigenvalue weighted by Gasteiger charge is 2.36. The minimum Gasteiger partial charge on any atom is -0.456 e. The fourth-order valence-electron chi connectivity index (χ4n) is 2.09. The normalized spacial score (nSPS) is 23.1. The van der Waals surface area contributed by atoms with Crippen molar-refractivity contribution >= 4 is 16.7 Å². The summed E-state index contributed by atoms with van der Waals surface area (Å²) >= 11 is 0. The zero-order chi connectivity index (χ0) is 13.5. The van der Waals surface area contributed by atoms with Crippen molar-refractivity contribution in [3.8, 4) is 0 Å². The van der Waals surface area contributed by atoms with Crippen molar-refractivity contribution < 1.29 is 13.4 Å². The number of rotatable bonds is 1. The Balaban J connectivity index is 2.18. The first-order valence-electron chi connectivity index (χ1n) is 6.06. The molecule has 1 aromatic rings. The Morgan fingerprint density at radius 2 is 2.11 bits per heavy atom. The average molecular weight is 269 g/mol. The molecular formula is C13H19NO3S. The molecule has 1 aromatic heterocycles. The van der Waals surface area contributed by atoms with Crippen molar-refractivity contribution in [2.24, 2.45) is 0 Å². The lowest BCUT2D eigenvalue weighted by atomic mass is 10.1. The van der Waals surface area contributed by atoms with Crippen molar-refractivity contribution in [2.45, 2.75) is 32.4 Å². The van der Waals surface area contributed by atoms with Crippen LogP contribution in [0.3, 0.4) is 0 Å². The molecule has 0 radical (unpaired) electrons. The molecule has 0 N–H and O–H groups in total. The van der Waals surface area contributed by atoms with Crippen LogP contribution in [0, 0.1) is 13.8 Å². The van der Waals surface area contributed by atoms with E-state index < -0.39 is 10.8 Å². The Hall–Kier alpha value is -1.10. The smallest absolute Gasteiger partial charge is 0.289 e. The highest BCUT2D eigenvalue weighted by molar-refractivity contribution is 7.86. The Labute approximate surface area is 110 Å². The molecule has 1 saturated heterocycles. The molecule has 0 aliphatic carbocycles. The lowest BCUT2D eigenvalue weighted by molar-refractivity contribution is 0.0712. The molecule has 0 saturated carbocycles. The molecule has 2 rings (SSSR count). The van der Waals surface area contributed by atoms with Crippen molar-refractivity contribution in [3.63, 3.8) is 0 Å². The van der Waals surface area contributed by atoms with Crippen LogP contribution >= 0.6 is 0 Å². The quantitative estimate of drug-likeness (QED) is 0.782. The summed E-state index contributed by atoms with van der Waals surface area (Å²) in [5.74, 6) is 1.60. The Kier molecular flexibility index (Phi) is 3.36. The van der Waals surface area contributed by atoms with Gasteiger partial charge in [0.1, 0.15) is 5.76 Å². The zero-order valence-corrected chi connectivity index (χ0v) is 12.1. The van der Waals surface area contributed by atoms with Gasteiger partial charge in [0.2, 0.25) is 0 Å². The van der Waals surface area contributed by atoms with Crippen molar-refractivity contribution in [2.75, 3.05) is 18.8 Å². The number of carbonyl (C=O) groups is 1. The summed E-state index contributed by atoms with van der Waals surface area (Å²) in [4.78, 5) is 14.0. The summed E-state index contributed by atoms with van der Waals surface area (Å²) in [5, 5.41) is 0. The number of hydrogen-bond acceptors (Lipinski definition) is 3. The van der Waals surface area contributed by atoms with Gasteiger partial charge in [-0.05, 0) is 39.3 Å². The SMILES string of the molecule is Cc1cc(C(=O)N2CC[S@@](=O)C(C)(C)C2)oc1C. The lowest BCUT2D eigenvalue weighted by Crippen LogP contribution is -2.52. The summed E-state index contributed by atoms with van der Waals surface area (Å²) in [5.41, 5.74) is 0.984. The van der Waals surface area contributed by atoms with Crippen LogP contribution in [0.5, 0.6) is 0 Å². The van der Waals surface area contributed by atoms with E-state index in [0.29, 0.717) is 24.6 Å². The van der Waals surface area contributed by atoms with Crippen LogP contribution in [0.25, 0.3) is 0 Å². The molecule has 5 heteroatoms. The van der Waals surface area contributed by atoms with Gasteiger partial charge in [0.15, 0.2) is 5.76 Å². The predicted molar refractivity (Wildman–Crippen MR) is 71.2 cm³/mol. The molecule has 1 amide bonds. The lowest BCUT2D eigenvalue weighted by Gasteiger charge is -2.36. The van der Waals surface area contributed by atoms with E-state index in [1.165, 1.54) is 0 Å². The molecule has 4 nitrogen and oxygen atoms in total. The molecular weight excluding hydrogens is 250 g/mol. The first-order chi connectivity index (χ1) is 8.31. The van der Waals surface area contributed by atoms with Gasteiger partial charge in [0.25, 0.3) is 5.91 Å². The second-order valence-corrected chi connectivity index (χ2v) is 7.59. The van der Waals surface area contributed by atoms with Crippen LogP contribution in [0.4, 0.5) is 0 Å². The summed E-state index contributed by atoms with van der Waals surface area (Å²) in [7, 11) is -0.868. The van der Waals surface area contributed by atoms with Gasteiger partial charge in [0.05, 0.1) is 4.75 Å². The van der Waals surface area contributed by atoms with E-state index in [0.717, 1.165) is 11.3 Å². The summed E-state index contributed by atoms with van der Waals surface area (Å²) in [6.45, 7) is 8.68. The van der Waals surface area contributed by atoms with Crippen LogP contribution < -0.4 is 0 Å². The van der Waals surface area contributed by atoms with Crippen molar-refractivity contribution in [3.05, 3.63) is 23.2 Å². The van der Waals surface area contributed by atoms with E-state index in [1.54, 1.807) is 11.0 Å². The highest BCUT2D eigenvalue weighted by Crippen LogP contribution is 2.23. The minimum absolute atomic E-state index is 0.101. The molecule has 100 valence electrons. The van der Waals surface area contributed by atoms with Crippen LogP contribution in [-0.4, -0.2) is 38.6 Å². The van der Waals surface area contributed by atoms with Gasteiger partial charge in [-0.3, -0.25) is 9.00 Å². The van der Waals surface area contributed by atoms with Gasteiger partial charge in [-0.15, -0.1) is 0 Å². The molecule has 0 spiro atoms. The third-order valence-electron chi connectivity index (χ3n) is 3.40. The van der Waals surface area contributed by atoms with E-state index in [4.69, 9.17) is 4.42 Å². The molecule has 0 unspecified atom stereocenters. The average Bonchev–Trinajstić information content (AvgIpc) is 2.62. The van der Waals surface area contributed by atoms with Crippen LogP contribution in [-0.2, 0) is 10.8 Å². The number of nitrogens with zero attached hydrogens (tertiary/aromatic N) is 1. The molecule has 1 aliphatic rings. The number of amides is 1. The molecule has 2 heterocycles. The number of hydrogen-bond donors (Lipinski definition) is 0. The van der Waals surface area contributed by atoms with Gasteiger partial charge < -0.3 is 9.32 Å². The van der Waals surface area contributed by atoms with Crippen LogP contribution in [0.2, 0.25) is 0 Å². The van der Waals surface area contributed by atoms with Gasteiger partial charge in [0, 0.05) is 29.6 Å². The largest absolute Gasteiger partial charge is 0.456 e. The van der Waals surface area contributed by atoms with E-state index in [9.17, 15) is 9.00 Å². The van der Waals surface area contributed by atoms with Gasteiger partial charge >= 0.3 is 0 Å². The topological polar surface area (TPSA) is 50.5 Å². The predicted octanol–water partition coefficient (Wildman–Crippen LogP) is 1.88.